The number of rotatable bonds is 0. The Morgan fingerprint density at radius 2 is 1.30 bits per heavy atom. The van der Waals surface area contributed by atoms with Crippen molar-refractivity contribution in [2.75, 3.05) is 0 Å². The van der Waals surface area contributed by atoms with Crippen molar-refractivity contribution in [1.82, 2.24) is 0 Å². The zero-order chi connectivity index (χ0) is 7.11. The van der Waals surface area contributed by atoms with E-state index in [1.165, 1.54) is 5.92 Å². The molecule has 0 unspecified atom stereocenters. The van der Waals surface area contributed by atoms with Crippen LogP contribution in [0.4, 0.5) is 0 Å². The van der Waals surface area contributed by atoms with Crippen LogP contribution in [0.15, 0.2) is 30.3 Å². The summed E-state index contributed by atoms with van der Waals surface area (Å²) in [5, 5.41) is 0. The Labute approximate surface area is 78.3 Å². The third-order valence-electron chi connectivity index (χ3n) is 0.556. The van der Waals surface area contributed by atoms with Crippen LogP contribution >= 0.6 is 0 Å². The predicted octanol–water partition coefficient (Wildman–Crippen LogP) is 3.02. The van der Waals surface area contributed by atoms with Crippen LogP contribution < -0.4 is 0 Å². The Bertz CT molecular complexity index is 88.3. The summed E-state index contributed by atoms with van der Waals surface area (Å²) in [5.74, 6) is 1.42. The molecule has 0 nitrogen and oxygen atoms in total. The zero-order valence-electron chi connectivity index (χ0n) is 6.70. The van der Waals surface area contributed by atoms with Gasteiger partial charge in [-0.05, 0) is 0 Å². The Morgan fingerprint density at radius 1 is 1.00 bits per heavy atom. The van der Waals surface area contributed by atoms with E-state index in [1.54, 1.807) is 0 Å². The van der Waals surface area contributed by atoms with Crippen molar-refractivity contribution >= 4 is 0 Å². The van der Waals surface area contributed by atoms with Crippen LogP contribution in [0, 0.1) is 5.92 Å². The molecule has 1 aromatic carbocycles. The molecular weight excluding hydrogens is 303 g/mol. The van der Waals surface area contributed by atoms with Crippen LogP contribution in [-0.2, 0) is 21.1 Å². The molecule has 1 heteroatoms. The van der Waals surface area contributed by atoms with Crippen LogP contribution in [0.1, 0.15) is 20.8 Å². The summed E-state index contributed by atoms with van der Waals surface area (Å²) in [7, 11) is 0. The first kappa shape index (κ1) is 12.7. The minimum Gasteiger partial charge on any atom is -0.323 e. The third-order valence-corrected chi connectivity index (χ3v) is 0.556. The van der Waals surface area contributed by atoms with Crippen molar-refractivity contribution in [2.45, 2.75) is 20.8 Å². The van der Waals surface area contributed by atoms with Crippen molar-refractivity contribution in [3.8, 4) is 0 Å². The van der Waals surface area contributed by atoms with E-state index in [0.29, 0.717) is 0 Å². The fraction of sp³-hybridized carbons (Fsp3) is 0.333. The minimum absolute atomic E-state index is 0. The molecule has 10 heavy (non-hydrogen) atoms. The standard InChI is InChI=1S/C5H5.C4H9.Pt/c1-2-4-5-3-1;1-4(2)3;/h1-5H;1-3H3;/q2*-1;+2. The molecule has 0 N–H and O–H groups in total. The van der Waals surface area contributed by atoms with Crippen LogP contribution in [0.25, 0.3) is 0 Å². The summed E-state index contributed by atoms with van der Waals surface area (Å²) >= 11 is 0. The van der Waals surface area contributed by atoms with Gasteiger partial charge in [-0.15, -0.1) is 0 Å². The first-order chi connectivity index (χ1) is 4.23. The molecule has 0 aliphatic rings. The van der Waals surface area contributed by atoms with E-state index in [2.05, 4.69) is 20.8 Å². The molecule has 0 fully saturated rings. The summed E-state index contributed by atoms with van der Waals surface area (Å²) in [6.45, 7) is 6.25. The van der Waals surface area contributed by atoms with E-state index in [9.17, 15) is 0 Å². The van der Waals surface area contributed by atoms with Crippen molar-refractivity contribution in [1.29, 1.82) is 0 Å². The molecule has 0 atom stereocenters. The summed E-state index contributed by atoms with van der Waals surface area (Å²) in [6.07, 6.45) is 0. The topological polar surface area (TPSA) is 0 Å². The largest absolute Gasteiger partial charge is 2.00 e. The summed E-state index contributed by atoms with van der Waals surface area (Å²) in [4.78, 5) is 0. The molecular formula is C9H14Pt. The van der Waals surface area contributed by atoms with Crippen LogP contribution in [0.5, 0.6) is 0 Å². The molecule has 0 radical (unpaired) electrons. The predicted molar refractivity (Wildman–Crippen MR) is 42.3 cm³/mol. The Morgan fingerprint density at radius 3 is 1.40 bits per heavy atom. The molecule has 0 saturated heterocycles. The summed E-state index contributed by atoms with van der Waals surface area (Å²) in [5.41, 5.74) is 0. The third kappa shape index (κ3) is 15.7. The van der Waals surface area contributed by atoms with Gasteiger partial charge in [-0.1, -0.05) is 0 Å². The second-order valence-corrected chi connectivity index (χ2v) is 2.46. The maximum atomic E-state index is 2.08. The zero-order valence-corrected chi connectivity index (χ0v) is 8.98. The van der Waals surface area contributed by atoms with Crippen LogP contribution in [0.2, 0.25) is 0 Å². The van der Waals surface area contributed by atoms with Crippen molar-refractivity contribution in [3.63, 3.8) is 0 Å². The molecule has 0 aliphatic heterocycles. The Balaban J connectivity index is 0. The molecule has 60 valence electrons. The van der Waals surface area contributed by atoms with E-state index in [1.807, 2.05) is 30.3 Å². The van der Waals surface area contributed by atoms with Gasteiger partial charge in [0.1, 0.15) is 0 Å². The van der Waals surface area contributed by atoms with Crippen molar-refractivity contribution < 1.29 is 21.1 Å². The molecule has 0 aromatic heterocycles. The number of hydrogen-bond acceptors (Lipinski definition) is 0. The molecule has 0 aliphatic carbocycles. The Hall–Kier alpha value is 0.0383. The Kier molecular flexibility index (Phi) is 11.5. The minimum atomic E-state index is 0. The van der Waals surface area contributed by atoms with Gasteiger partial charge in [0.2, 0.25) is 0 Å². The molecule has 0 saturated carbocycles. The SMILES string of the molecule is C[C-](C)C.[Pt+2].c1cc[cH-]c1. The molecule has 0 spiro atoms. The van der Waals surface area contributed by atoms with Gasteiger partial charge < -0.3 is 5.92 Å². The normalized spacial score (nSPS) is 7.60. The summed E-state index contributed by atoms with van der Waals surface area (Å²) in [6, 6.07) is 10.0. The maximum absolute atomic E-state index is 2.08. The molecule has 0 heterocycles. The van der Waals surface area contributed by atoms with Gasteiger partial charge in [0.05, 0.1) is 0 Å². The fourth-order valence-corrected chi connectivity index (χ4v) is 0.321. The summed E-state index contributed by atoms with van der Waals surface area (Å²) < 4.78 is 0. The van der Waals surface area contributed by atoms with Crippen LogP contribution in [-0.4, -0.2) is 0 Å². The van der Waals surface area contributed by atoms with Gasteiger partial charge in [0.15, 0.2) is 0 Å². The van der Waals surface area contributed by atoms with Gasteiger partial charge in [0.25, 0.3) is 0 Å². The quantitative estimate of drug-likeness (QED) is 0.645. The van der Waals surface area contributed by atoms with Gasteiger partial charge in [-0.3, -0.25) is 0 Å². The first-order valence-electron chi connectivity index (χ1n) is 3.17. The fourth-order valence-electron chi connectivity index (χ4n) is 0.321. The maximum Gasteiger partial charge on any atom is 2.00 e. The molecule has 1 rings (SSSR count). The smallest absolute Gasteiger partial charge is 0.323 e. The van der Waals surface area contributed by atoms with Gasteiger partial charge in [-0.2, -0.15) is 39.0 Å². The molecule has 0 amide bonds. The molecule has 0 bridgehead atoms. The van der Waals surface area contributed by atoms with E-state index >= 15 is 0 Å². The average Bonchev–Trinajstić information content (AvgIpc) is 2.11. The van der Waals surface area contributed by atoms with Gasteiger partial charge in [-0.25, -0.2) is 12.1 Å². The van der Waals surface area contributed by atoms with Gasteiger partial charge >= 0.3 is 21.1 Å². The van der Waals surface area contributed by atoms with Crippen molar-refractivity contribution in [2.24, 2.45) is 0 Å². The molecule has 1 aromatic rings. The average molecular weight is 317 g/mol. The first-order valence-corrected chi connectivity index (χ1v) is 3.17. The van der Waals surface area contributed by atoms with Crippen LogP contribution in [0.3, 0.4) is 0 Å². The van der Waals surface area contributed by atoms with Crippen molar-refractivity contribution in [3.05, 3.63) is 36.2 Å². The second-order valence-electron chi connectivity index (χ2n) is 2.46. The number of hydrogen-bond donors (Lipinski definition) is 0. The monoisotopic (exact) mass is 317 g/mol. The van der Waals surface area contributed by atoms with E-state index in [-0.39, 0.29) is 21.1 Å². The van der Waals surface area contributed by atoms with E-state index < -0.39 is 0 Å². The van der Waals surface area contributed by atoms with E-state index in [4.69, 9.17) is 0 Å². The second kappa shape index (κ2) is 9.04. The van der Waals surface area contributed by atoms with Gasteiger partial charge in [0, 0.05) is 0 Å². The van der Waals surface area contributed by atoms with E-state index in [0.717, 1.165) is 0 Å².